The predicted octanol–water partition coefficient (Wildman–Crippen LogP) is 3.29. The molecule has 22 heavy (non-hydrogen) atoms. The molecule has 1 amide bonds. The molecule has 0 atom stereocenters. The van der Waals surface area contributed by atoms with E-state index in [4.69, 9.17) is 17.3 Å². The fourth-order valence-corrected chi connectivity index (χ4v) is 2.01. The fourth-order valence-electron chi connectivity index (χ4n) is 1.80. The van der Waals surface area contributed by atoms with Crippen molar-refractivity contribution >= 4 is 58.5 Å². The van der Waals surface area contributed by atoms with E-state index in [2.05, 4.69) is 10.3 Å². The minimum atomic E-state index is -0.226. The van der Waals surface area contributed by atoms with Gasteiger partial charge in [-0.3, -0.25) is 9.59 Å². The Morgan fingerprint density at radius 2 is 2.00 bits per heavy atom. The van der Waals surface area contributed by atoms with Gasteiger partial charge < -0.3 is 11.1 Å². The summed E-state index contributed by atoms with van der Waals surface area (Å²) in [6.45, 7) is 3.24. The molecular formula is C15H15Cl2N3O2. The molecule has 3 N–H and O–H groups in total. The summed E-state index contributed by atoms with van der Waals surface area (Å²) in [5.41, 5.74) is 8.70. The zero-order valence-electron chi connectivity index (χ0n) is 12.0. The summed E-state index contributed by atoms with van der Waals surface area (Å²) in [6, 6.07) is 3.40. The molecule has 1 aliphatic rings. The van der Waals surface area contributed by atoms with Crippen LogP contribution in [0.25, 0.3) is 0 Å². The van der Waals surface area contributed by atoms with Crippen LogP contribution in [0, 0.1) is 6.92 Å². The van der Waals surface area contributed by atoms with E-state index in [1.807, 2.05) is 6.92 Å². The van der Waals surface area contributed by atoms with Gasteiger partial charge in [-0.15, -0.1) is 12.4 Å². The molecule has 1 aromatic rings. The Labute approximate surface area is 139 Å². The zero-order valence-corrected chi connectivity index (χ0v) is 13.6. The molecule has 0 saturated heterocycles. The Hall–Kier alpha value is -2.11. The number of nitrogen functional groups attached to an aromatic ring is 1. The maximum atomic E-state index is 11.3. The van der Waals surface area contributed by atoms with Crippen molar-refractivity contribution in [2.75, 3.05) is 11.1 Å². The van der Waals surface area contributed by atoms with Crippen LogP contribution < -0.4 is 11.1 Å². The third-order valence-electron chi connectivity index (χ3n) is 2.86. The smallest absolute Gasteiger partial charge is 0.221 e. The number of anilines is 2. The highest BCUT2D eigenvalue weighted by Crippen LogP contribution is 2.31. The van der Waals surface area contributed by atoms with Crippen molar-refractivity contribution in [3.63, 3.8) is 0 Å². The van der Waals surface area contributed by atoms with E-state index in [1.54, 1.807) is 12.1 Å². The summed E-state index contributed by atoms with van der Waals surface area (Å²) >= 11 is 6.00. The Balaban J connectivity index is 0.00000242. The number of benzene rings is 1. The lowest BCUT2D eigenvalue weighted by Crippen LogP contribution is -2.08. The minimum Gasteiger partial charge on any atom is -0.398 e. The van der Waals surface area contributed by atoms with Crippen molar-refractivity contribution in [3.05, 3.63) is 41.0 Å². The highest BCUT2D eigenvalue weighted by molar-refractivity contribution is 6.48. The second-order valence-electron chi connectivity index (χ2n) is 4.63. The second kappa shape index (κ2) is 7.24. The van der Waals surface area contributed by atoms with E-state index in [9.17, 15) is 9.59 Å². The van der Waals surface area contributed by atoms with Crippen molar-refractivity contribution < 1.29 is 9.59 Å². The number of rotatable bonds is 2. The maximum absolute atomic E-state index is 11.3. The molecule has 0 aromatic heterocycles. The summed E-state index contributed by atoms with van der Waals surface area (Å²) < 4.78 is 0. The molecule has 7 heteroatoms. The molecule has 1 aromatic carbocycles. The van der Waals surface area contributed by atoms with Crippen molar-refractivity contribution in [2.24, 2.45) is 4.99 Å². The largest absolute Gasteiger partial charge is 0.398 e. The molecule has 0 aliphatic heterocycles. The molecule has 2 rings (SSSR count). The van der Waals surface area contributed by atoms with Crippen molar-refractivity contribution in [1.29, 1.82) is 0 Å². The normalized spacial score (nSPS) is 15.3. The number of aliphatic imine (C=N–C) groups is 1. The van der Waals surface area contributed by atoms with E-state index >= 15 is 0 Å². The lowest BCUT2D eigenvalue weighted by Gasteiger charge is -2.11. The number of ketones is 1. The van der Waals surface area contributed by atoms with Crippen LogP contribution in [0.4, 0.5) is 17.1 Å². The van der Waals surface area contributed by atoms with Crippen molar-refractivity contribution in [1.82, 2.24) is 0 Å². The van der Waals surface area contributed by atoms with Gasteiger partial charge in [-0.25, -0.2) is 4.99 Å². The minimum absolute atomic E-state index is 0. The van der Waals surface area contributed by atoms with Crippen LogP contribution in [0.3, 0.4) is 0 Å². The number of nitrogens with one attached hydrogen (secondary N) is 1. The first-order valence-electron chi connectivity index (χ1n) is 6.23. The number of nitrogens with two attached hydrogens (primary N) is 1. The van der Waals surface area contributed by atoms with Crippen molar-refractivity contribution in [3.8, 4) is 0 Å². The van der Waals surface area contributed by atoms with Crippen LogP contribution in [-0.4, -0.2) is 17.4 Å². The first-order valence-corrected chi connectivity index (χ1v) is 6.60. The van der Waals surface area contributed by atoms with Crippen LogP contribution in [0.15, 0.2) is 40.4 Å². The van der Waals surface area contributed by atoms with Crippen LogP contribution in [0.2, 0.25) is 0 Å². The number of aryl methyl sites for hydroxylation is 1. The standard InChI is InChI=1S/C15H14ClN3O2.ClH/c1-8-5-14(15(7-12(8)17)18-9(2)20)19-13-4-3-10(21)6-11(13)16;/h3-7H,17H2,1-2H3,(H,18,20);1H. The van der Waals surface area contributed by atoms with Gasteiger partial charge in [-0.1, -0.05) is 11.6 Å². The third-order valence-corrected chi connectivity index (χ3v) is 3.16. The van der Waals surface area contributed by atoms with Gasteiger partial charge in [0.1, 0.15) is 0 Å². The number of amides is 1. The number of carbonyl (C=O) groups excluding carboxylic acids is 2. The third kappa shape index (κ3) is 4.19. The summed E-state index contributed by atoms with van der Waals surface area (Å²) in [5, 5.41) is 2.93. The Bertz CT molecular complexity index is 722. The van der Waals surface area contributed by atoms with Crippen molar-refractivity contribution in [2.45, 2.75) is 13.8 Å². The van der Waals surface area contributed by atoms with Crippen LogP contribution in [0.1, 0.15) is 12.5 Å². The maximum Gasteiger partial charge on any atom is 0.221 e. The molecule has 116 valence electrons. The van der Waals surface area contributed by atoms with Gasteiger partial charge in [0.15, 0.2) is 5.78 Å². The molecular weight excluding hydrogens is 325 g/mol. The highest BCUT2D eigenvalue weighted by Gasteiger charge is 2.12. The Morgan fingerprint density at radius 1 is 1.32 bits per heavy atom. The first-order chi connectivity index (χ1) is 9.86. The molecule has 0 fully saturated rings. The average Bonchev–Trinajstić information content (AvgIpc) is 2.38. The molecule has 0 radical (unpaired) electrons. The lowest BCUT2D eigenvalue weighted by molar-refractivity contribution is -0.114. The Morgan fingerprint density at radius 3 is 2.59 bits per heavy atom. The van der Waals surface area contributed by atoms with Gasteiger partial charge in [0.25, 0.3) is 0 Å². The number of halogens is 2. The topological polar surface area (TPSA) is 84.6 Å². The summed E-state index contributed by atoms with van der Waals surface area (Å²) in [6.07, 6.45) is 4.21. The summed E-state index contributed by atoms with van der Waals surface area (Å²) in [5.74, 6) is -0.412. The van der Waals surface area contributed by atoms with E-state index < -0.39 is 0 Å². The van der Waals surface area contributed by atoms with Crippen LogP contribution in [-0.2, 0) is 9.59 Å². The summed E-state index contributed by atoms with van der Waals surface area (Å²) in [7, 11) is 0. The number of allylic oxidation sites excluding steroid dienone is 4. The van der Waals surface area contributed by atoms with Crippen LogP contribution in [0.5, 0.6) is 0 Å². The number of hydrogen-bond acceptors (Lipinski definition) is 4. The first kappa shape index (κ1) is 17.9. The molecule has 0 bridgehead atoms. The van der Waals surface area contributed by atoms with Gasteiger partial charge in [0, 0.05) is 18.7 Å². The molecule has 0 heterocycles. The zero-order chi connectivity index (χ0) is 15.6. The molecule has 0 unspecified atom stereocenters. The van der Waals surface area contributed by atoms with Gasteiger partial charge in [-0.2, -0.15) is 0 Å². The molecule has 5 nitrogen and oxygen atoms in total. The molecule has 1 aliphatic carbocycles. The SMILES string of the molecule is CC(=O)Nc1cc(N)c(C)cc1N=C1C=CC(=O)C=C1Cl.Cl. The predicted molar refractivity (Wildman–Crippen MR) is 92.3 cm³/mol. The number of nitrogens with zero attached hydrogens (tertiary/aromatic N) is 1. The van der Waals surface area contributed by atoms with Gasteiger partial charge >= 0.3 is 0 Å². The highest BCUT2D eigenvalue weighted by atomic mass is 35.5. The van der Waals surface area contributed by atoms with Gasteiger partial charge in [0.2, 0.25) is 5.91 Å². The lowest BCUT2D eigenvalue weighted by atomic mass is 10.1. The van der Waals surface area contributed by atoms with E-state index in [0.29, 0.717) is 22.8 Å². The Kier molecular flexibility index (Phi) is 5.91. The van der Waals surface area contributed by atoms with E-state index in [0.717, 1.165) is 5.56 Å². The van der Waals surface area contributed by atoms with E-state index in [1.165, 1.54) is 25.2 Å². The average molecular weight is 340 g/mol. The summed E-state index contributed by atoms with van der Waals surface area (Å²) in [4.78, 5) is 26.9. The van der Waals surface area contributed by atoms with E-state index in [-0.39, 0.29) is 29.1 Å². The molecule has 0 spiro atoms. The fraction of sp³-hybridized carbons (Fsp3) is 0.133. The van der Waals surface area contributed by atoms with Crippen LogP contribution >= 0.6 is 24.0 Å². The van der Waals surface area contributed by atoms with Gasteiger partial charge in [0.05, 0.1) is 22.1 Å². The molecule has 0 saturated carbocycles. The number of carbonyl (C=O) groups is 2. The number of hydrogen-bond donors (Lipinski definition) is 2. The monoisotopic (exact) mass is 339 g/mol. The quantitative estimate of drug-likeness (QED) is 0.640. The van der Waals surface area contributed by atoms with Gasteiger partial charge in [-0.05, 0) is 36.8 Å². The second-order valence-corrected chi connectivity index (χ2v) is 5.04.